The lowest BCUT2D eigenvalue weighted by atomic mass is 10.2. The van der Waals surface area contributed by atoms with E-state index in [1.165, 1.54) is 12.1 Å². The van der Waals surface area contributed by atoms with Gasteiger partial charge in [-0.3, -0.25) is 0 Å². The zero-order valence-corrected chi connectivity index (χ0v) is 5.60. The first-order chi connectivity index (χ1) is 5.24. The average molecular weight is 153 g/mol. The molecule has 0 bridgehead atoms. The van der Waals surface area contributed by atoms with Crippen molar-refractivity contribution in [2.45, 2.75) is 0 Å². The summed E-state index contributed by atoms with van der Waals surface area (Å²) in [5.41, 5.74) is 0.352. The average Bonchev–Trinajstić information content (AvgIpc) is 1.95. The minimum atomic E-state index is -0.122. The van der Waals surface area contributed by atoms with Crippen LogP contribution in [0.3, 0.4) is 0 Å². The Balaban J connectivity index is 3.09. The Labute approximate surface area is 63.0 Å². The van der Waals surface area contributed by atoms with Crippen molar-refractivity contribution in [3.63, 3.8) is 0 Å². The summed E-state index contributed by atoms with van der Waals surface area (Å²) < 4.78 is 0. The maximum Gasteiger partial charge on any atom is 0.128 e. The highest BCUT2D eigenvalue weighted by Gasteiger charge is 1.97. The summed E-state index contributed by atoms with van der Waals surface area (Å²) >= 11 is 0. The van der Waals surface area contributed by atoms with Crippen LogP contribution in [0, 0.1) is 0 Å². The van der Waals surface area contributed by atoms with Gasteiger partial charge in [0.2, 0.25) is 0 Å². The third-order valence-corrected chi connectivity index (χ3v) is 1.21. The summed E-state index contributed by atoms with van der Waals surface area (Å²) in [6.45, 7) is 0. The van der Waals surface area contributed by atoms with Crippen molar-refractivity contribution in [2.24, 2.45) is 5.16 Å². The molecular weight excluding hydrogens is 146 g/mol. The zero-order chi connectivity index (χ0) is 8.27. The Hall–Kier alpha value is -1.71. The quantitative estimate of drug-likeness (QED) is 0.319. The molecule has 0 amide bonds. The van der Waals surface area contributed by atoms with Crippen LogP contribution in [0.4, 0.5) is 0 Å². The maximum absolute atomic E-state index is 9.06. The highest BCUT2D eigenvalue weighted by Crippen LogP contribution is 2.20. The molecular formula is C7H7NO3. The molecule has 0 aliphatic carbocycles. The summed E-state index contributed by atoms with van der Waals surface area (Å²) in [6.07, 6.45) is 1.08. The van der Waals surface area contributed by atoms with Crippen molar-refractivity contribution >= 4 is 6.21 Å². The largest absolute Gasteiger partial charge is 0.508 e. The van der Waals surface area contributed by atoms with Crippen molar-refractivity contribution in [2.75, 3.05) is 0 Å². The second kappa shape index (κ2) is 2.92. The molecule has 0 spiro atoms. The molecule has 1 aromatic carbocycles. The lowest BCUT2D eigenvalue weighted by Gasteiger charge is -1.96. The molecule has 0 aliphatic heterocycles. The number of hydrogen-bond acceptors (Lipinski definition) is 4. The highest BCUT2D eigenvalue weighted by atomic mass is 16.4. The van der Waals surface area contributed by atoms with Crippen LogP contribution in [-0.2, 0) is 0 Å². The lowest BCUT2D eigenvalue weighted by Crippen LogP contribution is -1.80. The van der Waals surface area contributed by atoms with Gasteiger partial charge in [-0.25, -0.2) is 0 Å². The second-order valence-electron chi connectivity index (χ2n) is 1.99. The van der Waals surface area contributed by atoms with Crippen LogP contribution in [0.1, 0.15) is 5.56 Å². The van der Waals surface area contributed by atoms with E-state index in [2.05, 4.69) is 5.16 Å². The first-order valence-electron chi connectivity index (χ1n) is 2.93. The zero-order valence-electron chi connectivity index (χ0n) is 5.60. The van der Waals surface area contributed by atoms with Crippen LogP contribution in [0.25, 0.3) is 0 Å². The van der Waals surface area contributed by atoms with Gasteiger partial charge in [0.15, 0.2) is 0 Å². The van der Waals surface area contributed by atoms with E-state index in [0.717, 1.165) is 12.3 Å². The maximum atomic E-state index is 9.06. The van der Waals surface area contributed by atoms with Crippen molar-refractivity contribution in [1.29, 1.82) is 0 Å². The number of phenols is 2. The number of phenolic OH excluding ortho intramolecular Hbond substituents is 2. The van der Waals surface area contributed by atoms with Gasteiger partial charge in [0, 0.05) is 11.6 Å². The second-order valence-corrected chi connectivity index (χ2v) is 1.99. The Morgan fingerprint density at radius 3 is 2.55 bits per heavy atom. The van der Waals surface area contributed by atoms with E-state index in [-0.39, 0.29) is 11.5 Å². The number of aromatic hydroxyl groups is 2. The summed E-state index contributed by atoms with van der Waals surface area (Å²) in [6, 6.07) is 3.98. The van der Waals surface area contributed by atoms with E-state index in [1.807, 2.05) is 0 Å². The van der Waals surface area contributed by atoms with Gasteiger partial charge in [-0.1, -0.05) is 5.16 Å². The molecule has 0 saturated carbocycles. The molecule has 4 nitrogen and oxygen atoms in total. The molecule has 4 heteroatoms. The summed E-state index contributed by atoms with van der Waals surface area (Å²) in [7, 11) is 0. The predicted octanol–water partition coefficient (Wildman–Crippen LogP) is 0.906. The van der Waals surface area contributed by atoms with Crippen LogP contribution >= 0.6 is 0 Å². The van der Waals surface area contributed by atoms with E-state index in [9.17, 15) is 0 Å². The fraction of sp³-hybridized carbons (Fsp3) is 0. The van der Waals surface area contributed by atoms with Gasteiger partial charge in [0.05, 0.1) is 6.21 Å². The Bertz CT molecular complexity index is 283. The Morgan fingerprint density at radius 1 is 1.27 bits per heavy atom. The van der Waals surface area contributed by atoms with Crippen molar-refractivity contribution in [3.05, 3.63) is 23.8 Å². The third kappa shape index (κ3) is 1.61. The van der Waals surface area contributed by atoms with Crippen molar-refractivity contribution < 1.29 is 15.4 Å². The van der Waals surface area contributed by atoms with Gasteiger partial charge >= 0.3 is 0 Å². The summed E-state index contributed by atoms with van der Waals surface area (Å²) in [5.74, 6) is -0.152. The first kappa shape index (κ1) is 7.40. The minimum Gasteiger partial charge on any atom is -0.508 e. The molecule has 3 N–H and O–H groups in total. The molecule has 0 saturated heterocycles. The molecule has 0 heterocycles. The smallest absolute Gasteiger partial charge is 0.128 e. The molecule has 0 unspecified atom stereocenters. The van der Waals surface area contributed by atoms with Crippen LogP contribution < -0.4 is 0 Å². The van der Waals surface area contributed by atoms with Crippen LogP contribution in [0.15, 0.2) is 23.4 Å². The van der Waals surface area contributed by atoms with Gasteiger partial charge in [-0.15, -0.1) is 0 Å². The van der Waals surface area contributed by atoms with E-state index < -0.39 is 0 Å². The van der Waals surface area contributed by atoms with E-state index in [1.54, 1.807) is 0 Å². The summed E-state index contributed by atoms with van der Waals surface area (Å²) in [4.78, 5) is 0. The Morgan fingerprint density at radius 2 is 2.00 bits per heavy atom. The number of hydrogen-bond donors (Lipinski definition) is 3. The lowest BCUT2D eigenvalue weighted by molar-refractivity contribution is 0.321. The fourth-order valence-corrected chi connectivity index (χ4v) is 0.703. The monoisotopic (exact) mass is 153 g/mol. The molecule has 0 radical (unpaired) electrons. The van der Waals surface area contributed by atoms with E-state index in [4.69, 9.17) is 15.4 Å². The molecule has 1 rings (SSSR count). The molecule has 1 aromatic rings. The topological polar surface area (TPSA) is 73.1 Å². The molecule has 58 valence electrons. The van der Waals surface area contributed by atoms with Gasteiger partial charge in [-0.05, 0) is 12.1 Å². The highest BCUT2D eigenvalue weighted by molar-refractivity contribution is 5.83. The van der Waals surface area contributed by atoms with Crippen molar-refractivity contribution in [3.8, 4) is 11.5 Å². The molecule has 11 heavy (non-hydrogen) atoms. The summed E-state index contributed by atoms with van der Waals surface area (Å²) in [5, 5.41) is 28.7. The van der Waals surface area contributed by atoms with Gasteiger partial charge < -0.3 is 15.4 Å². The normalized spacial score (nSPS) is 10.5. The van der Waals surface area contributed by atoms with Crippen molar-refractivity contribution in [1.82, 2.24) is 0 Å². The third-order valence-electron chi connectivity index (χ3n) is 1.21. The Kier molecular flexibility index (Phi) is 1.96. The molecule has 0 atom stereocenters. The number of nitrogens with zero attached hydrogens (tertiary/aromatic N) is 1. The van der Waals surface area contributed by atoms with E-state index in [0.29, 0.717) is 5.56 Å². The predicted molar refractivity (Wildman–Crippen MR) is 39.2 cm³/mol. The van der Waals surface area contributed by atoms with Crippen LogP contribution in [0.5, 0.6) is 11.5 Å². The number of oxime groups is 1. The molecule has 0 aromatic heterocycles. The van der Waals surface area contributed by atoms with Crippen LogP contribution in [-0.4, -0.2) is 21.6 Å². The fourth-order valence-electron chi connectivity index (χ4n) is 0.703. The number of benzene rings is 1. The van der Waals surface area contributed by atoms with Crippen LogP contribution in [0.2, 0.25) is 0 Å². The SMILES string of the molecule is ON=Cc1ccc(O)cc1O. The molecule has 0 aliphatic rings. The first-order valence-corrected chi connectivity index (χ1v) is 2.93. The minimum absolute atomic E-state index is 0.0300. The molecule has 0 fully saturated rings. The van der Waals surface area contributed by atoms with Gasteiger partial charge in [0.25, 0.3) is 0 Å². The van der Waals surface area contributed by atoms with Gasteiger partial charge in [0.1, 0.15) is 11.5 Å². The van der Waals surface area contributed by atoms with Gasteiger partial charge in [-0.2, -0.15) is 0 Å². The van der Waals surface area contributed by atoms with E-state index >= 15 is 0 Å². The standard InChI is InChI=1S/C7H7NO3/c9-6-2-1-5(4-8-11)7(10)3-6/h1-4,9-11H. The number of rotatable bonds is 1.